The summed E-state index contributed by atoms with van der Waals surface area (Å²) in [5.74, 6) is 0.641. The van der Waals surface area contributed by atoms with Gasteiger partial charge in [0, 0.05) is 17.2 Å². The van der Waals surface area contributed by atoms with Crippen molar-refractivity contribution in [2.45, 2.75) is 45.6 Å². The van der Waals surface area contributed by atoms with E-state index in [1.54, 1.807) is 17.6 Å². The highest BCUT2D eigenvalue weighted by molar-refractivity contribution is 7.09. The summed E-state index contributed by atoms with van der Waals surface area (Å²) in [6.07, 6.45) is 1.50. The molecule has 0 aliphatic carbocycles. The smallest absolute Gasteiger partial charge is 0.135 e. The second-order valence-electron chi connectivity index (χ2n) is 5.56. The Hall–Kier alpha value is -1.13. The fourth-order valence-electron chi connectivity index (χ4n) is 1.73. The second-order valence-corrected chi connectivity index (χ2v) is 6.51. The van der Waals surface area contributed by atoms with Crippen molar-refractivity contribution in [2.75, 3.05) is 0 Å². The van der Waals surface area contributed by atoms with Crippen molar-refractivity contribution in [3.8, 4) is 0 Å². The lowest BCUT2D eigenvalue weighted by molar-refractivity contribution is 0.149. The zero-order valence-corrected chi connectivity index (χ0v) is 12.0. The van der Waals surface area contributed by atoms with Crippen LogP contribution in [0, 0.1) is 6.92 Å². The third kappa shape index (κ3) is 2.82. The minimum atomic E-state index is -0.612. The number of aliphatic hydroxyl groups is 1. The summed E-state index contributed by atoms with van der Waals surface area (Å²) in [5, 5.41) is 13.1. The van der Waals surface area contributed by atoms with Crippen LogP contribution in [0.3, 0.4) is 0 Å². The Balaban J connectivity index is 2.11. The van der Waals surface area contributed by atoms with Crippen LogP contribution in [0.5, 0.6) is 0 Å². The molecule has 1 unspecified atom stereocenters. The molecule has 0 bridgehead atoms. The van der Waals surface area contributed by atoms with Crippen LogP contribution in [-0.4, -0.2) is 10.1 Å². The monoisotopic (exact) mass is 265 g/mol. The number of hydrogen-bond acceptors (Lipinski definition) is 4. The zero-order chi connectivity index (χ0) is 13.3. The van der Waals surface area contributed by atoms with E-state index in [0.29, 0.717) is 12.2 Å². The molecule has 0 saturated heterocycles. The molecule has 2 rings (SSSR count). The van der Waals surface area contributed by atoms with Gasteiger partial charge in [-0.25, -0.2) is 4.98 Å². The van der Waals surface area contributed by atoms with E-state index in [-0.39, 0.29) is 5.41 Å². The van der Waals surface area contributed by atoms with Gasteiger partial charge >= 0.3 is 0 Å². The zero-order valence-electron chi connectivity index (χ0n) is 11.2. The quantitative estimate of drug-likeness (QED) is 0.922. The van der Waals surface area contributed by atoms with Crippen LogP contribution < -0.4 is 0 Å². The topological polar surface area (TPSA) is 46.3 Å². The van der Waals surface area contributed by atoms with Gasteiger partial charge in [0.1, 0.15) is 11.9 Å². The van der Waals surface area contributed by atoms with E-state index in [1.165, 1.54) is 0 Å². The van der Waals surface area contributed by atoms with Crippen molar-refractivity contribution in [2.24, 2.45) is 0 Å². The average molecular weight is 265 g/mol. The van der Waals surface area contributed by atoms with Gasteiger partial charge in [-0.2, -0.15) is 0 Å². The molecule has 0 radical (unpaired) electrons. The lowest BCUT2D eigenvalue weighted by Gasteiger charge is -2.14. The normalized spacial score (nSPS) is 13.8. The fourth-order valence-corrected chi connectivity index (χ4v) is 2.79. The van der Waals surface area contributed by atoms with E-state index in [2.05, 4.69) is 31.1 Å². The summed E-state index contributed by atoms with van der Waals surface area (Å²) in [7, 11) is 0. The molecule has 0 fully saturated rings. The van der Waals surface area contributed by atoms with Crippen LogP contribution in [0.2, 0.25) is 0 Å². The van der Waals surface area contributed by atoms with Crippen LogP contribution in [0.1, 0.15) is 48.9 Å². The molecule has 2 aromatic heterocycles. The molecule has 0 spiro atoms. The van der Waals surface area contributed by atoms with E-state index in [4.69, 9.17) is 4.42 Å². The highest BCUT2D eigenvalue weighted by Crippen LogP contribution is 2.27. The maximum atomic E-state index is 10.1. The maximum Gasteiger partial charge on any atom is 0.135 e. The van der Waals surface area contributed by atoms with Crippen molar-refractivity contribution in [3.63, 3.8) is 0 Å². The van der Waals surface area contributed by atoms with Crippen LogP contribution in [-0.2, 0) is 11.8 Å². The molecule has 2 aromatic rings. The first-order valence-corrected chi connectivity index (χ1v) is 6.93. The highest BCUT2D eigenvalue weighted by Gasteiger charge is 2.20. The summed E-state index contributed by atoms with van der Waals surface area (Å²) in [6.45, 7) is 8.35. The predicted octanol–water partition coefficient (Wildman–Crippen LogP) is 3.62. The number of rotatable bonds is 3. The molecular weight excluding hydrogens is 246 g/mol. The molecule has 2 heterocycles. The fraction of sp³-hybridized carbons (Fsp3) is 0.500. The Morgan fingerprint density at radius 2 is 2.17 bits per heavy atom. The molecule has 0 amide bonds. The Labute approximate surface area is 111 Å². The summed E-state index contributed by atoms with van der Waals surface area (Å²) >= 11 is 1.60. The van der Waals surface area contributed by atoms with Crippen LogP contribution in [0.15, 0.2) is 22.1 Å². The van der Waals surface area contributed by atoms with E-state index >= 15 is 0 Å². The van der Waals surface area contributed by atoms with Crippen LogP contribution in [0.4, 0.5) is 0 Å². The molecule has 0 aromatic carbocycles. The SMILES string of the molecule is Cc1ccoc1C(O)Cc1nc(C(C)(C)C)cs1. The summed E-state index contributed by atoms with van der Waals surface area (Å²) in [4.78, 5) is 4.58. The molecule has 18 heavy (non-hydrogen) atoms. The Morgan fingerprint density at radius 1 is 1.44 bits per heavy atom. The Kier molecular flexibility index (Phi) is 3.59. The number of nitrogens with zero attached hydrogens (tertiary/aromatic N) is 1. The molecule has 4 heteroatoms. The Bertz CT molecular complexity index is 522. The number of hydrogen-bond donors (Lipinski definition) is 1. The molecule has 0 aliphatic heterocycles. The number of aromatic nitrogens is 1. The van der Waals surface area contributed by atoms with Gasteiger partial charge in [-0.1, -0.05) is 20.8 Å². The van der Waals surface area contributed by atoms with Gasteiger partial charge in [-0.15, -0.1) is 11.3 Å². The largest absolute Gasteiger partial charge is 0.466 e. The molecule has 98 valence electrons. The van der Waals surface area contributed by atoms with Gasteiger partial charge < -0.3 is 9.52 Å². The van der Waals surface area contributed by atoms with Gasteiger partial charge in [-0.05, 0) is 18.6 Å². The lowest BCUT2D eigenvalue weighted by atomic mass is 9.93. The molecule has 1 atom stereocenters. The van der Waals surface area contributed by atoms with E-state index in [9.17, 15) is 5.11 Å². The summed E-state index contributed by atoms with van der Waals surface area (Å²) in [6, 6.07) is 1.86. The van der Waals surface area contributed by atoms with E-state index < -0.39 is 6.10 Å². The van der Waals surface area contributed by atoms with Crippen LogP contribution in [0.25, 0.3) is 0 Å². The van der Waals surface area contributed by atoms with Gasteiger partial charge in [0.05, 0.1) is 17.0 Å². The molecule has 1 N–H and O–H groups in total. The predicted molar refractivity (Wildman–Crippen MR) is 72.9 cm³/mol. The van der Waals surface area contributed by atoms with E-state index in [1.807, 2.05) is 13.0 Å². The van der Waals surface area contributed by atoms with Gasteiger partial charge in [0.15, 0.2) is 0 Å². The third-order valence-electron chi connectivity index (χ3n) is 2.89. The lowest BCUT2D eigenvalue weighted by Crippen LogP contribution is -2.12. The molecule has 0 aliphatic rings. The van der Waals surface area contributed by atoms with Gasteiger partial charge in [0.2, 0.25) is 0 Å². The first-order valence-electron chi connectivity index (χ1n) is 6.05. The minimum Gasteiger partial charge on any atom is -0.466 e. The summed E-state index contributed by atoms with van der Waals surface area (Å²) < 4.78 is 5.30. The first kappa shape index (κ1) is 13.3. The molecular formula is C14H19NO2S. The van der Waals surface area contributed by atoms with Crippen molar-refractivity contribution in [3.05, 3.63) is 39.7 Å². The minimum absolute atomic E-state index is 0.0559. The maximum absolute atomic E-state index is 10.1. The van der Waals surface area contributed by atoms with E-state index in [0.717, 1.165) is 16.3 Å². The van der Waals surface area contributed by atoms with Crippen molar-refractivity contribution < 1.29 is 9.52 Å². The van der Waals surface area contributed by atoms with Gasteiger partial charge in [0.25, 0.3) is 0 Å². The number of aryl methyl sites for hydroxylation is 1. The highest BCUT2D eigenvalue weighted by atomic mass is 32.1. The first-order chi connectivity index (χ1) is 8.38. The molecule has 0 saturated carbocycles. The van der Waals surface area contributed by atoms with Crippen molar-refractivity contribution in [1.82, 2.24) is 4.98 Å². The number of aliphatic hydroxyl groups excluding tert-OH is 1. The van der Waals surface area contributed by atoms with Crippen LogP contribution >= 0.6 is 11.3 Å². The summed E-state index contributed by atoms with van der Waals surface area (Å²) in [5.41, 5.74) is 2.11. The average Bonchev–Trinajstić information content (AvgIpc) is 2.85. The van der Waals surface area contributed by atoms with Gasteiger partial charge in [-0.3, -0.25) is 0 Å². The van der Waals surface area contributed by atoms with Crippen molar-refractivity contribution >= 4 is 11.3 Å². The molecule has 3 nitrogen and oxygen atoms in total. The van der Waals surface area contributed by atoms with Crippen molar-refractivity contribution in [1.29, 1.82) is 0 Å². The Morgan fingerprint density at radius 3 is 2.67 bits per heavy atom. The number of furan rings is 1. The third-order valence-corrected chi connectivity index (χ3v) is 3.76. The standard InChI is InChI=1S/C14H19NO2S/c1-9-5-6-17-13(9)10(16)7-12-15-11(8-18-12)14(2,3)4/h5-6,8,10,16H,7H2,1-4H3. The number of thiazole rings is 1. The second kappa shape index (κ2) is 4.86.